The first-order chi connectivity index (χ1) is 10.3. The summed E-state index contributed by atoms with van der Waals surface area (Å²) in [5.41, 5.74) is 2.42. The molecular formula is C15H13BrN4S. The molecule has 0 spiro atoms. The predicted molar refractivity (Wildman–Crippen MR) is 87.1 cm³/mol. The van der Waals surface area contributed by atoms with E-state index in [-0.39, 0.29) is 0 Å². The quantitative estimate of drug-likeness (QED) is 0.649. The molecule has 106 valence electrons. The summed E-state index contributed by atoms with van der Waals surface area (Å²) in [6.07, 6.45) is 0. The number of thioether (sulfide) groups is 1. The van der Waals surface area contributed by atoms with Crippen LogP contribution in [0.1, 0.15) is 11.1 Å². The van der Waals surface area contributed by atoms with Gasteiger partial charge in [-0.15, -0.1) is 5.10 Å². The van der Waals surface area contributed by atoms with Crippen LogP contribution in [0.4, 0.5) is 0 Å². The third kappa shape index (κ3) is 3.71. The van der Waals surface area contributed by atoms with E-state index >= 15 is 0 Å². The maximum absolute atomic E-state index is 4.11. The number of aromatic nitrogens is 4. The molecule has 4 nitrogen and oxygen atoms in total. The maximum Gasteiger partial charge on any atom is 0.209 e. The van der Waals surface area contributed by atoms with Crippen molar-refractivity contribution in [2.75, 3.05) is 0 Å². The Kier molecular flexibility index (Phi) is 4.67. The molecule has 0 saturated heterocycles. The Bertz CT molecular complexity index is 714. The van der Waals surface area contributed by atoms with Gasteiger partial charge in [0.25, 0.3) is 0 Å². The smallest absolute Gasteiger partial charge is 0.209 e. The van der Waals surface area contributed by atoms with E-state index in [0.717, 1.165) is 15.4 Å². The molecule has 21 heavy (non-hydrogen) atoms. The van der Waals surface area contributed by atoms with Crippen LogP contribution in [0.2, 0.25) is 0 Å². The Morgan fingerprint density at radius 3 is 2.57 bits per heavy atom. The normalized spacial score (nSPS) is 10.7. The number of hydrogen-bond donors (Lipinski definition) is 0. The highest BCUT2D eigenvalue weighted by molar-refractivity contribution is 9.10. The van der Waals surface area contributed by atoms with Crippen LogP contribution in [0.15, 0.2) is 64.2 Å². The lowest BCUT2D eigenvalue weighted by molar-refractivity contribution is 0.603. The number of benzene rings is 2. The van der Waals surface area contributed by atoms with E-state index in [1.807, 2.05) is 41.1 Å². The van der Waals surface area contributed by atoms with Crippen molar-refractivity contribution < 1.29 is 0 Å². The molecular weight excluding hydrogens is 348 g/mol. The summed E-state index contributed by atoms with van der Waals surface area (Å²) >= 11 is 5.20. The second-order valence-electron chi connectivity index (χ2n) is 4.48. The molecule has 2 aromatic carbocycles. The van der Waals surface area contributed by atoms with Gasteiger partial charge in [-0.1, -0.05) is 76.2 Å². The molecule has 0 aliphatic carbocycles. The third-order valence-electron chi connectivity index (χ3n) is 2.99. The minimum atomic E-state index is 0.687. The van der Waals surface area contributed by atoms with Crippen LogP contribution < -0.4 is 0 Å². The Labute approximate surface area is 135 Å². The van der Waals surface area contributed by atoms with Gasteiger partial charge in [-0.2, -0.15) is 0 Å². The van der Waals surface area contributed by atoms with Crippen molar-refractivity contribution in [1.82, 2.24) is 20.2 Å². The molecule has 0 fully saturated rings. The van der Waals surface area contributed by atoms with Crippen LogP contribution in [-0.4, -0.2) is 20.2 Å². The van der Waals surface area contributed by atoms with Crippen molar-refractivity contribution in [1.29, 1.82) is 0 Å². The van der Waals surface area contributed by atoms with Crippen molar-refractivity contribution in [2.24, 2.45) is 0 Å². The summed E-state index contributed by atoms with van der Waals surface area (Å²) in [5.74, 6) is 0.830. The van der Waals surface area contributed by atoms with Crippen molar-refractivity contribution in [2.45, 2.75) is 17.5 Å². The van der Waals surface area contributed by atoms with E-state index in [1.54, 1.807) is 11.8 Å². The van der Waals surface area contributed by atoms with Crippen molar-refractivity contribution in [3.8, 4) is 0 Å². The molecule has 0 bridgehead atoms. The van der Waals surface area contributed by atoms with Gasteiger partial charge >= 0.3 is 0 Å². The van der Waals surface area contributed by atoms with E-state index in [0.29, 0.717) is 6.54 Å². The lowest BCUT2D eigenvalue weighted by atomic mass is 10.2. The van der Waals surface area contributed by atoms with Crippen molar-refractivity contribution >= 4 is 27.7 Å². The minimum absolute atomic E-state index is 0.687. The monoisotopic (exact) mass is 360 g/mol. The standard InChI is InChI=1S/C15H13BrN4S/c16-14-9-5-4-8-13(14)11-21-15-17-18-19-20(15)10-12-6-2-1-3-7-12/h1-9H,10-11H2. The molecule has 1 aromatic heterocycles. The van der Waals surface area contributed by atoms with E-state index < -0.39 is 0 Å². The number of nitrogens with zero attached hydrogens (tertiary/aromatic N) is 4. The van der Waals surface area contributed by atoms with Gasteiger partial charge in [0.2, 0.25) is 5.16 Å². The average molecular weight is 361 g/mol. The summed E-state index contributed by atoms with van der Waals surface area (Å²) in [6, 6.07) is 18.4. The molecule has 6 heteroatoms. The summed E-state index contributed by atoms with van der Waals surface area (Å²) in [4.78, 5) is 0. The fraction of sp³-hybridized carbons (Fsp3) is 0.133. The van der Waals surface area contributed by atoms with E-state index in [1.165, 1.54) is 11.1 Å². The molecule has 0 amide bonds. The summed E-state index contributed by atoms with van der Waals surface area (Å²) in [7, 11) is 0. The summed E-state index contributed by atoms with van der Waals surface area (Å²) < 4.78 is 2.94. The van der Waals surface area contributed by atoms with E-state index in [2.05, 4.69) is 49.7 Å². The van der Waals surface area contributed by atoms with Crippen LogP contribution in [0.25, 0.3) is 0 Å². The van der Waals surface area contributed by atoms with Gasteiger partial charge in [-0.25, -0.2) is 4.68 Å². The van der Waals surface area contributed by atoms with Gasteiger partial charge in [0.1, 0.15) is 0 Å². The van der Waals surface area contributed by atoms with E-state index in [9.17, 15) is 0 Å². The Balaban J connectivity index is 1.70. The zero-order valence-electron chi connectivity index (χ0n) is 11.2. The summed E-state index contributed by atoms with van der Waals surface area (Å²) in [5, 5.41) is 12.8. The van der Waals surface area contributed by atoms with Crippen LogP contribution in [0, 0.1) is 0 Å². The van der Waals surface area contributed by atoms with Crippen LogP contribution in [-0.2, 0) is 12.3 Å². The lowest BCUT2D eigenvalue weighted by Crippen LogP contribution is -2.03. The van der Waals surface area contributed by atoms with Crippen LogP contribution in [0.3, 0.4) is 0 Å². The highest BCUT2D eigenvalue weighted by Crippen LogP contribution is 2.25. The number of tetrazole rings is 1. The van der Waals surface area contributed by atoms with Crippen molar-refractivity contribution in [3.05, 3.63) is 70.2 Å². The topological polar surface area (TPSA) is 43.6 Å². The largest absolute Gasteiger partial charge is 0.216 e. The third-order valence-corrected chi connectivity index (χ3v) is 4.77. The highest BCUT2D eigenvalue weighted by Gasteiger charge is 2.08. The Morgan fingerprint density at radius 1 is 1.00 bits per heavy atom. The van der Waals surface area contributed by atoms with E-state index in [4.69, 9.17) is 0 Å². The van der Waals surface area contributed by atoms with Gasteiger partial charge < -0.3 is 0 Å². The van der Waals surface area contributed by atoms with Gasteiger partial charge in [-0.3, -0.25) is 0 Å². The zero-order valence-corrected chi connectivity index (χ0v) is 13.6. The zero-order chi connectivity index (χ0) is 14.5. The molecule has 1 heterocycles. The number of rotatable bonds is 5. The van der Waals surface area contributed by atoms with Gasteiger partial charge in [0.05, 0.1) is 6.54 Å². The second kappa shape index (κ2) is 6.87. The van der Waals surface area contributed by atoms with Gasteiger partial charge in [0, 0.05) is 10.2 Å². The molecule has 0 unspecified atom stereocenters. The maximum atomic E-state index is 4.11. The SMILES string of the molecule is Brc1ccccc1CSc1nnnn1Cc1ccccc1. The first-order valence-electron chi connectivity index (χ1n) is 6.49. The fourth-order valence-electron chi connectivity index (χ4n) is 1.91. The molecule has 0 N–H and O–H groups in total. The molecule has 3 aromatic rings. The van der Waals surface area contributed by atoms with Crippen LogP contribution in [0.5, 0.6) is 0 Å². The molecule has 3 rings (SSSR count). The Hall–Kier alpha value is -1.66. The van der Waals surface area contributed by atoms with Gasteiger partial charge in [0.15, 0.2) is 0 Å². The second-order valence-corrected chi connectivity index (χ2v) is 6.28. The Morgan fingerprint density at radius 2 is 1.76 bits per heavy atom. The fourth-order valence-corrected chi connectivity index (χ4v) is 3.40. The molecule has 0 aliphatic rings. The summed E-state index contributed by atoms with van der Waals surface area (Å²) in [6.45, 7) is 0.687. The molecule has 0 saturated carbocycles. The first-order valence-corrected chi connectivity index (χ1v) is 8.27. The minimum Gasteiger partial charge on any atom is -0.216 e. The van der Waals surface area contributed by atoms with Crippen molar-refractivity contribution in [3.63, 3.8) is 0 Å². The molecule has 0 atom stereocenters. The highest BCUT2D eigenvalue weighted by atomic mass is 79.9. The van der Waals surface area contributed by atoms with Crippen LogP contribution >= 0.6 is 27.7 Å². The number of halogens is 1. The molecule has 0 radical (unpaired) electrons. The number of hydrogen-bond acceptors (Lipinski definition) is 4. The lowest BCUT2D eigenvalue weighted by Gasteiger charge is -2.05. The average Bonchev–Trinajstić information content (AvgIpc) is 2.95. The van der Waals surface area contributed by atoms with Gasteiger partial charge in [-0.05, 0) is 27.6 Å². The molecule has 0 aliphatic heterocycles. The predicted octanol–water partition coefficient (Wildman–Crippen LogP) is 3.78. The first kappa shape index (κ1) is 14.3.